The lowest BCUT2D eigenvalue weighted by molar-refractivity contribution is -0.134. The maximum atomic E-state index is 13.6. The molecule has 1 aliphatic heterocycles. The quantitative estimate of drug-likeness (QED) is 0.718. The molecule has 1 heterocycles. The van der Waals surface area contributed by atoms with E-state index in [2.05, 4.69) is 0 Å². The van der Waals surface area contributed by atoms with Crippen LogP contribution in [0.1, 0.15) is 19.3 Å². The minimum Gasteiger partial charge on any atom is -0.339 e. The molecule has 0 aliphatic carbocycles. The van der Waals surface area contributed by atoms with Crippen molar-refractivity contribution in [3.8, 4) is 0 Å². The lowest BCUT2D eigenvalue weighted by Crippen LogP contribution is -2.49. The summed E-state index contributed by atoms with van der Waals surface area (Å²) in [5, 5.41) is 0. The van der Waals surface area contributed by atoms with E-state index in [-0.39, 0.29) is 17.2 Å². The minimum atomic E-state index is -6.31. The van der Waals surface area contributed by atoms with Gasteiger partial charge in [0, 0.05) is 13.1 Å². The number of carbonyl (C=O) groups is 1. The molecule has 13 heteroatoms. The summed E-state index contributed by atoms with van der Waals surface area (Å²) < 4.78 is 93.8. The zero-order valence-electron chi connectivity index (χ0n) is 10.4. The second kappa shape index (κ2) is 6.04. The van der Waals surface area contributed by atoms with Gasteiger partial charge < -0.3 is 4.90 Å². The minimum absolute atomic E-state index is 0.0563. The number of likely N-dealkylation sites (tertiary alicyclic amines) is 1. The van der Waals surface area contributed by atoms with Gasteiger partial charge in [0.1, 0.15) is 0 Å². The molecule has 1 N–H and O–H groups in total. The lowest BCUT2D eigenvalue weighted by Gasteiger charge is -2.27. The molecule has 1 atom stereocenters. The van der Waals surface area contributed by atoms with Crippen LogP contribution >= 0.6 is 0 Å². The molecule has 0 saturated carbocycles. The highest BCUT2D eigenvalue weighted by Crippen LogP contribution is 2.23. The van der Waals surface area contributed by atoms with Crippen LogP contribution in [-0.4, -0.2) is 51.7 Å². The zero-order valence-corrected chi connectivity index (χ0v) is 12.1. The van der Waals surface area contributed by atoms with Gasteiger partial charge in [-0.05, 0) is 19.3 Å². The van der Waals surface area contributed by atoms with Gasteiger partial charge >= 0.3 is 15.5 Å². The predicted octanol–water partition coefficient (Wildman–Crippen LogP) is 0.0635. The summed E-state index contributed by atoms with van der Waals surface area (Å²) in [5.41, 5.74) is -9.36. The third-order valence-electron chi connectivity index (χ3n) is 2.66. The average Bonchev–Trinajstić information content (AvgIpc) is 2.35. The smallest absolute Gasteiger partial charge is 0.339 e. The largest absolute Gasteiger partial charge is 0.512 e. The fourth-order valence-electron chi connectivity index (χ4n) is 1.63. The predicted molar refractivity (Wildman–Crippen MR) is 62.4 cm³/mol. The number of sulfonamides is 2. The molecule has 0 aromatic rings. The molecule has 1 fully saturated rings. The first-order valence-corrected chi connectivity index (χ1v) is 8.68. The molecule has 1 unspecified atom stereocenters. The summed E-state index contributed by atoms with van der Waals surface area (Å²) in [5.74, 6) is -1.58. The molecule has 0 aromatic heterocycles. The number of rotatable bonds is 4. The topological polar surface area (TPSA) is 101 Å². The second-order valence-corrected chi connectivity index (χ2v) is 7.92. The molecule has 0 bridgehead atoms. The highest BCUT2D eigenvalue weighted by atomic mass is 32.3. The van der Waals surface area contributed by atoms with Crippen LogP contribution in [-0.2, 0) is 24.8 Å². The van der Waals surface area contributed by atoms with Gasteiger partial charge in [-0.2, -0.15) is 13.2 Å². The first kappa shape index (κ1) is 18.1. The molecule has 1 rings (SSSR count). The fourth-order valence-corrected chi connectivity index (χ4v) is 3.99. The molecule has 0 spiro atoms. The van der Waals surface area contributed by atoms with Crippen molar-refractivity contribution in [1.29, 1.82) is 0 Å². The first-order valence-electron chi connectivity index (χ1n) is 5.65. The van der Waals surface area contributed by atoms with Crippen LogP contribution in [0.2, 0.25) is 0 Å². The molecule has 124 valence electrons. The van der Waals surface area contributed by atoms with Gasteiger partial charge in [-0.15, -0.1) is 0 Å². The van der Waals surface area contributed by atoms with E-state index in [1.54, 1.807) is 0 Å². The summed E-state index contributed by atoms with van der Waals surface area (Å²) in [4.78, 5) is 12.4. The van der Waals surface area contributed by atoms with Crippen LogP contribution in [0, 0.1) is 0 Å². The SMILES string of the molecule is O=C(C(F)S(=O)(=O)NS(=O)(=O)C(F)(F)F)N1CCCCC1. The molecule has 7 nitrogen and oxygen atoms in total. The Labute approximate surface area is 118 Å². The molecular formula is C8H12F4N2O5S2. The van der Waals surface area contributed by atoms with E-state index in [9.17, 15) is 39.2 Å². The highest BCUT2D eigenvalue weighted by molar-refractivity contribution is 8.05. The number of halogens is 4. The zero-order chi connectivity index (χ0) is 16.5. The maximum Gasteiger partial charge on any atom is 0.512 e. The standard InChI is InChI=1S/C8H12F4N2O5S2/c9-6(7(15)14-4-2-1-3-5-14)20(16,17)13-21(18,19)8(10,11)12/h6,13H,1-5H2. The number of hydrogen-bond donors (Lipinski definition) is 1. The average molecular weight is 356 g/mol. The number of hydrogen-bond acceptors (Lipinski definition) is 5. The molecule has 1 aliphatic rings. The van der Waals surface area contributed by atoms with Gasteiger partial charge in [0.05, 0.1) is 0 Å². The summed E-state index contributed by atoms with van der Waals surface area (Å²) in [7, 11) is -12.0. The van der Waals surface area contributed by atoms with Crippen molar-refractivity contribution in [3.63, 3.8) is 0 Å². The van der Waals surface area contributed by atoms with Gasteiger partial charge in [-0.1, -0.05) is 4.13 Å². The van der Waals surface area contributed by atoms with Gasteiger partial charge in [0.15, 0.2) is 0 Å². The molecule has 1 saturated heterocycles. The third kappa shape index (κ3) is 4.26. The van der Waals surface area contributed by atoms with Gasteiger partial charge in [0.2, 0.25) is 0 Å². The number of nitrogens with zero attached hydrogens (tertiary/aromatic N) is 1. The van der Waals surface area contributed by atoms with Crippen molar-refractivity contribution in [2.75, 3.05) is 13.1 Å². The van der Waals surface area contributed by atoms with E-state index in [4.69, 9.17) is 0 Å². The van der Waals surface area contributed by atoms with E-state index in [0.717, 1.165) is 11.3 Å². The Bertz CT molecular complexity index is 595. The van der Waals surface area contributed by atoms with Crippen LogP contribution in [0.25, 0.3) is 0 Å². The fraction of sp³-hybridized carbons (Fsp3) is 0.875. The van der Waals surface area contributed by atoms with Crippen molar-refractivity contribution in [2.45, 2.75) is 30.3 Å². The number of carbonyl (C=O) groups excluding carboxylic acids is 1. The molecule has 21 heavy (non-hydrogen) atoms. The van der Waals surface area contributed by atoms with E-state index < -0.39 is 37.0 Å². The Kier molecular flexibility index (Phi) is 5.21. The Morgan fingerprint density at radius 1 is 1.05 bits per heavy atom. The summed E-state index contributed by atoms with van der Waals surface area (Å²) in [6.07, 6.45) is 1.73. The monoisotopic (exact) mass is 356 g/mol. The highest BCUT2D eigenvalue weighted by Gasteiger charge is 2.51. The van der Waals surface area contributed by atoms with Crippen LogP contribution < -0.4 is 4.13 Å². The van der Waals surface area contributed by atoms with E-state index in [1.165, 1.54) is 0 Å². The van der Waals surface area contributed by atoms with Crippen LogP contribution in [0.4, 0.5) is 17.6 Å². The van der Waals surface area contributed by atoms with Gasteiger partial charge in [0.25, 0.3) is 21.4 Å². The van der Waals surface area contributed by atoms with E-state index in [1.807, 2.05) is 0 Å². The van der Waals surface area contributed by atoms with Crippen LogP contribution in [0.5, 0.6) is 0 Å². The Hall–Kier alpha value is -0.950. The van der Waals surface area contributed by atoms with Crippen molar-refractivity contribution in [3.05, 3.63) is 0 Å². The Morgan fingerprint density at radius 2 is 1.52 bits per heavy atom. The van der Waals surface area contributed by atoms with Crippen molar-refractivity contribution in [1.82, 2.24) is 9.03 Å². The third-order valence-corrected chi connectivity index (χ3v) is 5.83. The van der Waals surface area contributed by atoms with Crippen molar-refractivity contribution >= 4 is 26.0 Å². The normalized spacial score (nSPS) is 19.3. The summed E-state index contributed by atoms with van der Waals surface area (Å²) in [6, 6.07) is 0. The second-order valence-electron chi connectivity index (χ2n) is 4.28. The van der Waals surface area contributed by atoms with E-state index >= 15 is 0 Å². The van der Waals surface area contributed by atoms with E-state index in [0.29, 0.717) is 12.8 Å². The number of piperidine rings is 1. The number of nitrogens with one attached hydrogen (secondary N) is 1. The maximum absolute atomic E-state index is 13.6. The summed E-state index contributed by atoms with van der Waals surface area (Å²) >= 11 is 0. The molecule has 0 radical (unpaired) electrons. The number of alkyl halides is 4. The van der Waals surface area contributed by atoms with Crippen molar-refractivity contribution < 1.29 is 39.2 Å². The van der Waals surface area contributed by atoms with Gasteiger partial charge in [-0.3, -0.25) is 4.79 Å². The van der Waals surface area contributed by atoms with Crippen molar-refractivity contribution in [2.24, 2.45) is 0 Å². The van der Waals surface area contributed by atoms with Gasteiger partial charge in [-0.25, -0.2) is 21.2 Å². The Balaban J connectivity index is 2.89. The summed E-state index contributed by atoms with van der Waals surface area (Å²) in [6.45, 7) is 0.113. The number of amides is 1. The van der Waals surface area contributed by atoms with Crippen LogP contribution in [0.3, 0.4) is 0 Å². The van der Waals surface area contributed by atoms with Crippen LogP contribution in [0.15, 0.2) is 0 Å². The molecule has 0 aromatic carbocycles. The first-order chi connectivity index (χ1) is 9.38. The molecule has 1 amide bonds. The molecular weight excluding hydrogens is 344 g/mol. The lowest BCUT2D eigenvalue weighted by atomic mass is 10.1. The Morgan fingerprint density at radius 3 is 1.95 bits per heavy atom.